The van der Waals surface area contributed by atoms with Gasteiger partial charge in [0.05, 0.1) is 22.8 Å². The number of nitrogens with zero attached hydrogens (tertiary/aromatic N) is 3. The fourth-order valence-corrected chi connectivity index (χ4v) is 4.91. The standard InChI is InChI=1S/C16H18N4O3S/c1-4-8-5-20(14-10(8)13(17)18-7-19-14)15-12-11(9(6-21)24-15)22-16(2,3)23-12/h1,5,7,9,11-12,15,21H,6H2,2-3H3,(H2,17,18,19)/t9-,11-,12-,15-/m1/s1. The summed E-state index contributed by atoms with van der Waals surface area (Å²) in [6.07, 6.45) is 8.49. The maximum Gasteiger partial charge on any atom is 0.163 e. The van der Waals surface area contributed by atoms with Gasteiger partial charge in [0.15, 0.2) is 5.79 Å². The van der Waals surface area contributed by atoms with E-state index in [1.807, 2.05) is 24.6 Å². The van der Waals surface area contributed by atoms with Crippen LogP contribution in [0.4, 0.5) is 5.82 Å². The second-order valence-electron chi connectivity index (χ2n) is 6.36. The van der Waals surface area contributed by atoms with E-state index in [9.17, 15) is 5.11 Å². The van der Waals surface area contributed by atoms with Crippen LogP contribution < -0.4 is 5.73 Å². The molecule has 0 spiro atoms. The Morgan fingerprint density at radius 1 is 1.42 bits per heavy atom. The Kier molecular flexibility index (Phi) is 3.51. The minimum absolute atomic E-state index is 0.0140. The second-order valence-corrected chi connectivity index (χ2v) is 7.72. The van der Waals surface area contributed by atoms with Crippen LogP contribution >= 0.6 is 11.8 Å². The van der Waals surface area contributed by atoms with Crippen molar-refractivity contribution in [1.82, 2.24) is 14.5 Å². The van der Waals surface area contributed by atoms with Gasteiger partial charge in [-0.1, -0.05) is 5.92 Å². The third-order valence-electron chi connectivity index (χ3n) is 4.37. The number of aliphatic hydroxyl groups excluding tert-OH is 1. The number of fused-ring (bicyclic) bond motifs is 2. The molecule has 2 aliphatic rings. The molecule has 0 radical (unpaired) electrons. The third-order valence-corrected chi connectivity index (χ3v) is 5.91. The largest absolute Gasteiger partial charge is 0.395 e. The first kappa shape index (κ1) is 15.7. The van der Waals surface area contributed by atoms with Gasteiger partial charge >= 0.3 is 0 Å². The summed E-state index contributed by atoms with van der Waals surface area (Å²) in [5, 5.41) is 10.2. The average molecular weight is 346 g/mol. The number of nitrogen functional groups attached to an aromatic ring is 1. The Balaban J connectivity index is 1.84. The first-order valence-electron chi connectivity index (χ1n) is 7.65. The molecule has 4 atom stereocenters. The fourth-order valence-electron chi connectivity index (χ4n) is 3.44. The summed E-state index contributed by atoms with van der Waals surface area (Å²) in [4.78, 5) is 8.39. The minimum Gasteiger partial charge on any atom is -0.395 e. The molecule has 0 aliphatic carbocycles. The molecule has 8 heteroatoms. The normalized spacial score (nSPS) is 31.2. The molecule has 0 saturated carbocycles. The number of terminal acetylenes is 1. The molecule has 2 aromatic rings. The molecule has 2 aliphatic heterocycles. The van der Waals surface area contributed by atoms with Crippen LogP contribution in [0.3, 0.4) is 0 Å². The molecular weight excluding hydrogens is 328 g/mol. The molecule has 0 unspecified atom stereocenters. The highest BCUT2D eigenvalue weighted by atomic mass is 32.2. The van der Waals surface area contributed by atoms with Crippen LogP contribution in [0.25, 0.3) is 11.0 Å². The molecule has 3 N–H and O–H groups in total. The zero-order chi connectivity index (χ0) is 17.1. The molecule has 2 saturated heterocycles. The maximum atomic E-state index is 9.71. The van der Waals surface area contributed by atoms with Crippen molar-refractivity contribution in [3.63, 3.8) is 0 Å². The summed E-state index contributed by atoms with van der Waals surface area (Å²) in [6.45, 7) is 3.77. The van der Waals surface area contributed by atoms with E-state index in [2.05, 4.69) is 15.9 Å². The smallest absolute Gasteiger partial charge is 0.163 e. The quantitative estimate of drug-likeness (QED) is 0.787. The Labute approximate surface area is 143 Å². The zero-order valence-electron chi connectivity index (χ0n) is 13.3. The monoisotopic (exact) mass is 346 g/mol. The predicted molar refractivity (Wildman–Crippen MR) is 91.2 cm³/mol. The Morgan fingerprint density at radius 3 is 2.88 bits per heavy atom. The second kappa shape index (κ2) is 5.36. The number of hydrogen-bond acceptors (Lipinski definition) is 7. The van der Waals surface area contributed by atoms with E-state index in [1.165, 1.54) is 6.33 Å². The first-order valence-corrected chi connectivity index (χ1v) is 8.59. The summed E-state index contributed by atoms with van der Waals surface area (Å²) in [5.41, 5.74) is 7.29. The molecule has 7 nitrogen and oxygen atoms in total. The number of anilines is 1. The van der Waals surface area contributed by atoms with Crippen molar-refractivity contribution >= 4 is 28.6 Å². The van der Waals surface area contributed by atoms with Crippen molar-refractivity contribution in [1.29, 1.82) is 0 Å². The van der Waals surface area contributed by atoms with Crippen molar-refractivity contribution in [3.8, 4) is 12.3 Å². The van der Waals surface area contributed by atoms with Gasteiger partial charge in [-0.05, 0) is 13.8 Å². The van der Waals surface area contributed by atoms with Crippen LogP contribution in [0, 0.1) is 12.3 Å². The lowest BCUT2D eigenvalue weighted by Crippen LogP contribution is -2.30. The van der Waals surface area contributed by atoms with Crippen molar-refractivity contribution in [2.24, 2.45) is 0 Å². The van der Waals surface area contributed by atoms with Crippen molar-refractivity contribution in [2.75, 3.05) is 12.3 Å². The van der Waals surface area contributed by atoms with E-state index in [0.29, 0.717) is 22.4 Å². The van der Waals surface area contributed by atoms with Crippen molar-refractivity contribution < 1.29 is 14.6 Å². The number of hydrogen-bond donors (Lipinski definition) is 2. The van der Waals surface area contributed by atoms with Gasteiger partial charge in [-0.25, -0.2) is 9.97 Å². The van der Waals surface area contributed by atoms with E-state index in [1.54, 1.807) is 11.8 Å². The number of nitrogens with two attached hydrogens (primary N) is 1. The molecule has 4 rings (SSSR count). The number of aliphatic hydroxyl groups is 1. The number of rotatable bonds is 2. The van der Waals surface area contributed by atoms with E-state index < -0.39 is 5.79 Å². The molecule has 0 amide bonds. The minimum atomic E-state index is -0.687. The predicted octanol–water partition coefficient (Wildman–Crippen LogP) is 1.12. The van der Waals surface area contributed by atoms with Gasteiger partial charge in [-0.2, -0.15) is 0 Å². The molecule has 2 aromatic heterocycles. The van der Waals surface area contributed by atoms with E-state index in [0.717, 1.165) is 0 Å². The summed E-state index contributed by atoms with van der Waals surface area (Å²) in [6, 6.07) is 0. The Morgan fingerprint density at radius 2 is 2.17 bits per heavy atom. The van der Waals surface area contributed by atoms with Gasteiger partial charge < -0.3 is 24.9 Å². The molecular formula is C16H18N4O3S. The molecule has 126 valence electrons. The van der Waals surface area contributed by atoms with Crippen LogP contribution in [0.5, 0.6) is 0 Å². The third kappa shape index (κ3) is 2.20. The van der Waals surface area contributed by atoms with Gasteiger partial charge in [-0.15, -0.1) is 18.2 Å². The van der Waals surface area contributed by atoms with Crippen LogP contribution in [-0.2, 0) is 9.47 Å². The Bertz CT molecular complexity index is 844. The van der Waals surface area contributed by atoms with Crippen molar-refractivity contribution in [3.05, 3.63) is 18.1 Å². The summed E-state index contributed by atoms with van der Waals surface area (Å²) in [7, 11) is 0. The van der Waals surface area contributed by atoms with Gasteiger partial charge in [0, 0.05) is 6.20 Å². The molecule has 0 aromatic carbocycles. The SMILES string of the molecule is C#Cc1cn([C@@H]2S[C@H](CO)[C@H]3OC(C)(C)O[C@H]32)c2ncnc(N)c12. The molecule has 4 heterocycles. The van der Waals surface area contributed by atoms with Crippen molar-refractivity contribution in [2.45, 2.75) is 42.5 Å². The van der Waals surface area contributed by atoms with Gasteiger partial charge in [-0.3, -0.25) is 0 Å². The summed E-state index contributed by atoms with van der Waals surface area (Å²) in [5.74, 6) is 2.31. The lowest BCUT2D eigenvalue weighted by Gasteiger charge is -2.23. The van der Waals surface area contributed by atoms with Crippen LogP contribution in [0.2, 0.25) is 0 Å². The van der Waals surface area contributed by atoms with Gasteiger partial charge in [0.25, 0.3) is 0 Å². The summed E-state index contributed by atoms with van der Waals surface area (Å²) >= 11 is 1.59. The highest BCUT2D eigenvalue weighted by Crippen LogP contribution is 2.51. The number of ether oxygens (including phenoxy) is 2. The van der Waals surface area contributed by atoms with Crippen LogP contribution in [-0.4, -0.2) is 49.5 Å². The highest BCUT2D eigenvalue weighted by molar-refractivity contribution is 8.00. The van der Waals surface area contributed by atoms with E-state index in [4.69, 9.17) is 21.6 Å². The number of thioether (sulfide) groups is 1. The molecule has 2 fully saturated rings. The Hall–Kier alpha value is -1.79. The van der Waals surface area contributed by atoms with E-state index >= 15 is 0 Å². The topological polar surface area (TPSA) is 95.4 Å². The lowest BCUT2D eigenvalue weighted by atomic mass is 10.1. The first-order chi connectivity index (χ1) is 11.4. The summed E-state index contributed by atoms with van der Waals surface area (Å²) < 4.78 is 14.0. The average Bonchev–Trinajstić information content (AvgIpc) is 3.16. The van der Waals surface area contributed by atoms with E-state index in [-0.39, 0.29) is 29.4 Å². The fraction of sp³-hybridized carbons (Fsp3) is 0.500. The molecule has 0 bridgehead atoms. The maximum absolute atomic E-state index is 9.71. The molecule has 24 heavy (non-hydrogen) atoms. The van der Waals surface area contributed by atoms with Gasteiger partial charge in [0.1, 0.15) is 35.4 Å². The lowest BCUT2D eigenvalue weighted by molar-refractivity contribution is -0.149. The van der Waals surface area contributed by atoms with Crippen LogP contribution in [0.15, 0.2) is 12.5 Å². The highest BCUT2D eigenvalue weighted by Gasteiger charge is 2.55. The zero-order valence-corrected chi connectivity index (χ0v) is 14.2. The van der Waals surface area contributed by atoms with Crippen LogP contribution in [0.1, 0.15) is 24.8 Å². The number of aromatic nitrogens is 3. The van der Waals surface area contributed by atoms with Gasteiger partial charge in [0.2, 0.25) is 0 Å².